The number of nitrogens with zero attached hydrogens (tertiary/aromatic N) is 4. The molecule has 0 aliphatic carbocycles. The van der Waals surface area contributed by atoms with Crippen LogP contribution in [0.25, 0.3) is 0 Å². The Morgan fingerprint density at radius 2 is 2.24 bits per heavy atom. The number of Topliss-reactive ketones (excluding diaryl/α,β-unsaturated/α-hetero) is 1. The molecule has 0 N–H and O–H groups in total. The van der Waals surface area contributed by atoms with E-state index in [-0.39, 0.29) is 12.2 Å². The molecule has 2 aromatic rings. The van der Waals surface area contributed by atoms with Gasteiger partial charge in [-0.2, -0.15) is 5.10 Å². The molecule has 0 aliphatic rings. The van der Waals surface area contributed by atoms with Crippen molar-refractivity contribution in [3.05, 3.63) is 41.2 Å². The first-order valence-corrected chi connectivity index (χ1v) is 5.60. The largest absolute Gasteiger partial charge is 0.294 e. The minimum Gasteiger partial charge on any atom is -0.294 e. The van der Waals surface area contributed by atoms with Crippen molar-refractivity contribution in [2.24, 2.45) is 0 Å². The van der Waals surface area contributed by atoms with Crippen molar-refractivity contribution >= 4 is 17.4 Å². The summed E-state index contributed by atoms with van der Waals surface area (Å²) in [5, 5.41) is 4.39. The summed E-state index contributed by atoms with van der Waals surface area (Å²) in [6.07, 6.45) is 3.14. The number of carbonyl (C=O) groups is 1. The molecule has 0 aromatic carbocycles. The fraction of sp³-hybridized carbons (Fsp3) is 0.273. The van der Waals surface area contributed by atoms with Crippen LogP contribution >= 0.6 is 11.6 Å². The lowest BCUT2D eigenvalue weighted by molar-refractivity contribution is 0.0989. The van der Waals surface area contributed by atoms with E-state index in [2.05, 4.69) is 15.1 Å². The van der Waals surface area contributed by atoms with Crippen molar-refractivity contribution in [3.63, 3.8) is 0 Å². The van der Waals surface area contributed by atoms with E-state index in [1.54, 1.807) is 16.8 Å². The zero-order chi connectivity index (χ0) is 12.3. The fourth-order valence-corrected chi connectivity index (χ4v) is 1.59. The molecule has 17 heavy (non-hydrogen) atoms. The lowest BCUT2D eigenvalue weighted by atomic mass is 10.1. The van der Waals surface area contributed by atoms with Crippen molar-refractivity contribution in [2.45, 2.75) is 19.9 Å². The molecule has 0 saturated heterocycles. The molecule has 88 valence electrons. The molecule has 0 bridgehead atoms. The second kappa shape index (κ2) is 5.05. The van der Waals surface area contributed by atoms with Crippen LogP contribution in [0.4, 0.5) is 0 Å². The number of carbonyl (C=O) groups excluding carboxylic acids is 1. The minimum atomic E-state index is -0.0446. The van der Waals surface area contributed by atoms with Gasteiger partial charge in [-0.15, -0.1) is 0 Å². The number of hydrogen-bond donors (Lipinski definition) is 0. The number of rotatable bonds is 4. The molecule has 5 nitrogen and oxygen atoms in total. The van der Waals surface area contributed by atoms with Gasteiger partial charge in [-0.05, 0) is 19.1 Å². The third-order valence-electron chi connectivity index (χ3n) is 2.36. The third kappa shape index (κ3) is 2.68. The predicted octanol–water partition coefficient (Wildman–Crippen LogP) is 1.77. The highest BCUT2D eigenvalue weighted by Gasteiger charge is 2.11. The summed E-state index contributed by atoms with van der Waals surface area (Å²) in [5.74, 6) is 0.615. The second-order valence-corrected chi connectivity index (χ2v) is 3.85. The monoisotopic (exact) mass is 250 g/mol. The normalized spacial score (nSPS) is 10.5. The van der Waals surface area contributed by atoms with Crippen molar-refractivity contribution in [2.75, 3.05) is 0 Å². The summed E-state index contributed by atoms with van der Waals surface area (Å²) in [4.78, 5) is 19.9. The van der Waals surface area contributed by atoms with Crippen molar-refractivity contribution in [1.29, 1.82) is 0 Å². The van der Waals surface area contributed by atoms with Crippen molar-refractivity contribution in [1.82, 2.24) is 19.7 Å². The van der Waals surface area contributed by atoms with Crippen LogP contribution in [0.15, 0.2) is 24.7 Å². The van der Waals surface area contributed by atoms with Crippen LogP contribution in [0, 0.1) is 0 Å². The van der Waals surface area contributed by atoms with Crippen molar-refractivity contribution in [3.8, 4) is 0 Å². The molecular weight excluding hydrogens is 240 g/mol. The van der Waals surface area contributed by atoms with Crippen LogP contribution in [0.5, 0.6) is 0 Å². The summed E-state index contributed by atoms with van der Waals surface area (Å²) in [5.41, 5.74) is 0.528. The molecular formula is C11H11ClN4O. The molecule has 2 aromatic heterocycles. The average molecular weight is 251 g/mol. The number of halogens is 1. The molecule has 2 heterocycles. The van der Waals surface area contributed by atoms with E-state index in [0.29, 0.717) is 23.1 Å². The van der Waals surface area contributed by atoms with Crippen LogP contribution < -0.4 is 0 Å². The first-order chi connectivity index (χ1) is 8.20. The van der Waals surface area contributed by atoms with Crippen LogP contribution in [-0.2, 0) is 13.0 Å². The Balaban J connectivity index is 2.14. The second-order valence-electron chi connectivity index (χ2n) is 3.46. The number of pyridine rings is 1. The van der Waals surface area contributed by atoms with Gasteiger partial charge in [-0.1, -0.05) is 11.6 Å². The molecule has 0 aliphatic heterocycles. The van der Waals surface area contributed by atoms with Gasteiger partial charge in [0.1, 0.15) is 17.3 Å². The molecule has 0 spiro atoms. The van der Waals surface area contributed by atoms with Gasteiger partial charge in [0.2, 0.25) is 0 Å². The van der Waals surface area contributed by atoms with Crippen LogP contribution in [-0.4, -0.2) is 25.5 Å². The maximum atomic E-state index is 11.9. The Labute approximate surface area is 103 Å². The number of aryl methyl sites for hydroxylation is 1. The quantitative estimate of drug-likeness (QED) is 0.613. The average Bonchev–Trinajstić information content (AvgIpc) is 2.77. The number of ketones is 1. The molecule has 2 rings (SSSR count). The summed E-state index contributed by atoms with van der Waals surface area (Å²) >= 11 is 5.66. The van der Waals surface area contributed by atoms with E-state index < -0.39 is 0 Å². The van der Waals surface area contributed by atoms with Gasteiger partial charge in [0.15, 0.2) is 5.78 Å². The molecule has 6 heteroatoms. The van der Waals surface area contributed by atoms with E-state index >= 15 is 0 Å². The first-order valence-electron chi connectivity index (χ1n) is 5.22. The summed E-state index contributed by atoms with van der Waals surface area (Å²) < 4.78 is 1.70. The Morgan fingerprint density at radius 3 is 2.88 bits per heavy atom. The zero-order valence-electron chi connectivity index (χ0n) is 9.30. The number of aromatic nitrogens is 4. The van der Waals surface area contributed by atoms with Gasteiger partial charge in [-0.25, -0.2) is 14.6 Å². The lowest BCUT2D eigenvalue weighted by Gasteiger charge is -2.02. The van der Waals surface area contributed by atoms with E-state index in [9.17, 15) is 4.79 Å². The summed E-state index contributed by atoms with van der Waals surface area (Å²) in [6.45, 7) is 2.65. The highest BCUT2D eigenvalue weighted by atomic mass is 35.5. The van der Waals surface area contributed by atoms with E-state index in [1.165, 1.54) is 12.5 Å². The highest BCUT2D eigenvalue weighted by Crippen LogP contribution is 2.08. The molecule has 0 atom stereocenters. The SMILES string of the molecule is CCn1ncnc1CC(=O)c1ccc(Cl)nc1. The Kier molecular flexibility index (Phi) is 3.49. The smallest absolute Gasteiger partial charge is 0.171 e. The summed E-state index contributed by atoms with van der Waals surface area (Å²) in [7, 11) is 0. The first kappa shape index (κ1) is 11.7. The fourth-order valence-electron chi connectivity index (χ4n) is 1.48. The van der Waals surface area contributed by atoms with Crippen LogP contribution in [0.3, 0.4) is 0 Å². The molecule has 0 amide bonds. The van der Waals surface area contributed by atoms with E-state index in [0.717, 1.165) is 0 Å². The van der Waals surface area contributed by atoms with Gasteiger partial charge in [-0.3, -0.25) is 4.79 Å². The predicted molar refractivity (Wildman–Crippen MR) is 63.0 cm³/mol. The Bertz CT molecular complexity index is 521. The van der Waals surface area contributed by atoms with Gasteiger partial charge in [0.05, 0.1) is 6.42 Å². The lowest BCUT2D eigenvalue weighted by Crippen LogP contribution is -2.11. The molecule has 0 saturated carbocycles. The van der Waals surface area contributed by atoms with Gasteiger partial charge < -0.3 is 0 Å². The molecule has 0 fully saturated rings. The molecule has 0 unspecified atom stereocenters. The molecule has 0 radical (unpaired) electrons. The Hall–Kier alpha value is -1.75. The Morgan fingerprint density at radius 1 is 1.41 bits per heavy atom. The van der Waals surface area contributed by atoms with Crippen molar-refractivity contribution < 1.29 is 4.79 Å². The van der Waals surface area contributed by atoms with Gasteiger partial charge in [0.25, 0.3) is 0 Å². The summed E-state index contributed by atoms with van der Waals surface area (Å²) in [6, 6.07) is 3.25. The highest BCUT2D eigenvalue weighted by molar-refractivity contribution is 6.29. The maximum Gasteiger partial charge on any atom is 0.171 e. The topological polar surface area (TPSA) is 60.7 Å². The third-order valence-corrected chi connectivity index (χ3v) is 2.59. The van der Waals surface area contributed by atoms with Crippen LogP contribution in [0.1, 0.15) is 23.1 Å². The van der Waals surface area contributed by atoms with Crippen LogP contribution in [0.2, 0.25) is 5.15 Å². The maximum absolute atomic E-state index is 11.9. The van der Waals surface area contributed by atoms with E-state index in [1.807, 2.05) is 6.92 Å². The zero-order valence-corrected chi connectivity index (χ0v) is 10.1. The van der Waals surface area contributed by atoms with Gasteiger partial charge >= 0.3 is 0 Å². The standard InChI is InChI=1S/C11H11ClN4O/c1-2-16-11(14-7-15-16)5-9(17)8-3-4-10(12)13-6-8/h3-4,6-7H,2,5H2,1H3. The van der Waals surface area contributed by atoms with Gasteiger partial charge in [0, 0.05) is 18.3 Å². The number of hydrogen-bond acceptors (Lipinski definition) is 4. The van der Waals surface area contributed by atoms with E-state index in [4.69, 9.17) is 11.6 Å². The minimum absolute atomic E-state index is 0.0446.